The molecule has 0 spiro atoms. The lowest BCUT2D eigenvalue weighted by Crippen LogP contribution is -2.33. The summed E-state index contributed by atoms with van der Waals surface area (Å²) >= 11 is 1.70. The van der Waals surface area contributed by atoms with E-state index in [1.165, 1.54) is 12.7 Å². The number of carbonyl (C=O) groups is 1. The van der Waals surface area contributed by atoms with Gasteiger partial charge in [0.15, 0.2) is 0 Å². The topological polar surface area (TPSA) is 93.0 Å². The Morgan fingerprint density at radius 3 is 2.81 bits per heavy atom. The molecule has 4 N–H and O–H groups in total. The maximum Gasteiger partial charge on any atom is 0.337 e. The third kappa shape index (κ3) is 4.03. The number of nitrogens with zero attached hydrogens (tertiary/aromatic N) is 1. The smallest absolute Gasteiger partial charge is 0.337 e. The molecule has 1 fully saturated rings. The molecule has 1 aliphatic rings. The van der Waals surface area contributed by atoms with Gasteiger partial charge in [-0.25, -0.2) is 9.78 Å². The highest BCUT2D eigenvalue weighted by Gasteiger charge is 2.21. The van der Waals surface area contributed by atoms with Crippen LogP contribution >= 0.6 is 11.3 Å². The summed E-state index contributed by atoms with van der Waals surface area (Å²) in [5.74, 6) is 0.564. The van der Waals surface area contributed by atoms with Crippen LogP contribution in [-0.4, -0.2) is 35.1 Å². The van der Waals surface area contributed by atoms with E-state index >= 15 is 0 Å². The minimum absolute atomic E-state index is 0.306. The fourth-order valence-corrected chi connectivity index (χ4v) is 5.15. The van der Waals surface area contributed by atoms with Gasteiger partial charge in [0, 0.05) is 40.5 Å². The van der Waals surface area contributed by atoms with Crippen molar-refractivity contribution < 1.29 is 9.53 Å². The Morgan fingerprint density at radius 2 is 2.06 bits per heavy atom. The van der Waals surface area contributed by atoms with Gasteiger partial charge in [0.1, 0.15) is 5.82 Å². The van der Waals surface area contributed by atoms with Gasteiger partial charge in [-0.1, -0.05) is 6.07 Å². The first-order valence-electron chi connectivity index (χ1n) is 10.7. The number of carbonyl (C=O) groups excluding carboxylic acids is 1. The summed E-state index contributed by atoms with van der Waals surface area (Å²) < 4.78 is 4.88. The zero-order chi connectivity index (χ0) is 21.4. The van der Waals surface area contributed by atoms with Gasteiger partial charge in [0.2, 0.25) is 0 Å². The number of methoxy groups -OCH3 is 1. The first kappa shape index (κ1) is 20.0. The fraction of sp³-hybridized carbons (Fsp3) is 0.333. The molecule has 160 valence electrons. The molecular weight excluding hydrogens is 408 g/mol. The van der Waals surface area contributed by atoms with Crippen LogP contribution in [0.4, 0.5) is 5.82 Å². The molecule has 1 aliphatic carbocycles. The van der Waals surface area contributed by atoms with Gasteiger partial charge in [0.25, 0.3) is 0 Å². The molecule has 4 aromatic rings. The van der Waals surface area contributed by atoms with Crippen molar-refractivity contribution in [2.75, 3.05) is 12.4 Å². The highest BCUT2D eigenvalue weighted by molar-refractivity contribution is 7.07. The minimum Gasteiger partial charge on any atom is -0.465 e. The number of H-pyrrole nitrogens is 1. The van der Waals surface area contributed by atoms with Crippen molar-refractivity contribution in [3.63, 3.8) is 0 Å². The van der Waals surface area contributed by atoms with Gasteiger partial charge in [-0.3, -0.25) is 0 Å². The second kappa shape index (κ2) is 8.32. The Morgan fingerprint density at radius 1 is 1.23 bits per heavy atom. The van der Waals surface area contributed by atoms with Crippen LogP contribution in [0, 0.1) is 0 Å². The Bertz CT molecular complexity index is 1220. The first-order valence-corrected chi connectivity index (χ1v) is 11.6. The number of ether oxygens (including phenoxy) is 1. The zero-order valence-electron chi connectivity index (χ0n) is 17.5. The van der Waals surface area contributed by atoms with Crippen LogP contribution in [0.3, 0.4) is 0 Å². The Labute approximate surface area is 184 Å². The molecule has 0 aliphatic heterocycles. The molecule has 5 rings (SSSR count). The van der Waals surface area contributed by atoms with E-state index in [4.69, 9.17) is 15.5 Å². The Balaban J connectivity index is 1.60. The van der Waals surface area contributed by atoms with E-state index in [1.807, 2.05) is 18.2 Å². The molecule has 0 unspecified atom stereocenters. The lowest BCUT2D eigenvalue weighted by atomic mass is 9.92. The van der Waals surface area contributed by atoms with E-state index in [9.17, 15) is 4.79 Å². The summed E-state index contributed by atoms with van der Waals surface area (Å²) in [7, 11) is 1.40. The quantitative estimate of drug-likeness (QED) is 0.391. The molecule has 1 saturated carbocycles. The van der Waals surface area contributed by atoms with E-state index < -0.39 is 0 Å². The number of pyridine rings is 1. The number of benzene rings is 1. The summed E-state index contributed by atoms with van der Waals surface area (Å²) in [5, 5.41) is 10.1. The normalized spacial score (nSPS) is 19.0. The molecule has 0 radical (unpaired) electrons. The van der Waals surface area contributed by atoms with Gasteiger partial charge >= 0.3 is 5.97 Å². The van der Waals surface area contributed by atoms with Crippen molar-refractivity contribution in [3.8, 4) is 0 Å². The zero-order valence-corrected chi connectivity index (χ0v) is 18.3. The maximum absolute atomic E-state index is 12.0. The standard InChI is InChI=1S/C24H26N4O2S/c1-30-24(29)15-2-7-19-20(11-15)28-21-12-18(10-14-8-9-31-13-14)27-23(22(19)21)26-17-5-3-16(25)4-6-17/h2,7-9,11-13,16-17,28H,3-6,10,25H2,1H3,(H,26,27)/t16-,17-. The number of nitrogens with two attached hydrogens (primary N) is 1. The highest BCUT2D eigenvalue weighted by Crippen LogP contribution is 2.34. The molecule has 0 bridgehead atoms. The number of aromatic amines is 1. The second-order valence-electron chi connectivity index (χ2n) is 8.33. The van der Waals surface area contributed by atoms with Gasteiger partial charge in [0.05, 0.1) is 18.2 Å². The number of hydrogen-bond acceptors (Lipinski definition) is 6. The van der Waals surface area contributed by atoms with Crippen LogP contribution in [0.5, 0.6) is 0 Å². The number of esters is 1. The van der Waals surface area contributed by atoms with E-state index in [0.29, 0.717) is 17.6 Å². The lowest BCUT2D eigenvalue weighted by molar-refractivity contribution is 0.0601. The molecule has 3 aromatic heterocycles. The molecule has 7 heteroatoms. The predicted octanol–water partition coefficient (Wildman–Crippen LogP) is 4.84. The second-order valence-corrected chi connectivity index (χ2v) is 9.11. The van der Waals surface area contributed by atoms with Crippen LogP contribution < -0.4 is 11.1 Å². The Hall–Kier alpha value is -2.90. The third-order valence-corrected chi connectivity index (χ3v) is 6.86. The monoisotopic (exact) mass is 434 g/mol. The molecule has 0 atom stereocenters. The van der Waals surface area contributed by atoms with Crippen LogP contribution in [0.25, 0.3) is 21.8 Å². The first-order chi connectivity index (χ1) is 15.1. The van der Waals surface area contributed by atoms with Crippen molar-refractivity contribution in [1.82, 2.24) is 9.97 Å². The van der Waals surface area contributed by atoms with Gasteiger partial charge < -0.3 is 20.8 Å². The lowest BCUT2D eigenvalue weighted by Gasteiger charge is -2.27. The summed E-state index contributed by atoms with van der Waals surface area (Å²) in [6, 6.07) is 10.6. The van der Waals surface area contributed by atoms with E-state index in [2.05, 4.69) is 33.2 Å². The summed E-state index contributed by atoms with van der Waals surface area (Å²) in [6.07, 6.45) is 4.95. The molecule has 6 nitrogen and oxygen atoms in total. The number of thiophene rings is 1. The SMILES string of the molecule is COC(=O)c1ccc2c(c1)[nH]c1cc(Cc3ccsc3)nc(N[C@H]3CC[C@H](N)CC3)c12. The van der Waals surface area contributed by atoms with E-state index in [-0.39, 0.29) is 5.97 Å². The average molecular weight is 435 g/mol. The molecule has 3 heterocycles. The van der Waals surface area contributed by atoms with Gasteiger partial charge in [-0.15, -0.1) is 0 Å². The molecule has 31 heavy (non-hydrogen) atoms. The average Bonchev–Trinajstić information content (AvgIpc) is 3.41. The minimum atomic E-state index is -0.339. The van der Waals surface area contributed by atoms with Gasteiger partial charge in [-0.05, 0) is 66.3 Å². The number of aromatic nitrogens is 2. The van der Waals surface area contributed by atoms with E-state index in [1.54, 1.807) is 11.3 Å². The Kier molecular flexibility index (Phi) is 5.38. The van der Waals surface area contributed by atoms with Crippen LogP contribution in [0.2, 0.25) is 0 Å². The predicted molar refractivity (Wildman–Crippen MR) is 126 cm³/mol. The van der Waals surface area contributed by atoms with E-state index in [0.717, 1.165) is 65.4 Å². The number of nitrogens with one attached hydrogen (secondary N) is 2. The van der Waals surface area contributed by atoms with Crippen LogP contribution in [0.1, 0.15) is 47.3 Å². The van der Waals surface area contributed by atoms with Crippen LogP contribution in [-0.2, 0) is 11.2 Å². The van der Waals surface area contributed by atoms with Crippen LogP contribution in [0.15, 0.2) is 41.1 Å². The molecular formula is C24H26N4O2S. The van der Waals surface area contributed by atoms with Crippen molar-refractivity contribution in [3.05, 3.63) is 57.9 Å². The molecule has 0 saturated heterocycles. The highest BCUT2D eigenvalue weighted by atomic mass is 32.1. The van der Waals surface area contributed by atoms with Crippen molar-refractivity contribution in [1.29, 1.82) is 0 Å². The number of rotatable bonds is 5. The number of hydrogen-bond donors (Lipinski definition) is 3. The maximum atomic E-state index is 12.0. The van der Waals surface area contributed by atoms with Crippen molar-refractivity contribution >= 4 is 44.9 Å². The summed E-state index contributed by atoms with van der Waals surface area (Å²) in [6.45, 7) is 0. The van der Waals surface area contributed by atoms with Crippen molar-refractivity contribution in [2.45, 2.75) is 44.2 Å². The molecule has 0 amide bonds. The molecule has 1 aromatic carbocycles. The summed E-state index contributed by atoms with van der Waals surface area (Å²) in [5.41, 5.74) is 10.8. The largest absolute Gasteiger partial charge is 0.465 e. The summed E-state index contributed by atoms with van der Waals surface area (Å²) in [4.78, 5) is 20.5. The number of fused-ring (bicyclic) bond motifs is 3. The van der Waals surface area contributed by atoms with Gasteiger partial charge in [-0.2, -0.15) is 11.3 Å². The fourth-order valence-electron chi connectivity index (χ4n) is 4.48. The third-order valence-electron chi connectivity index (χ3n) is 6.13. The van der Waals surface area contributed by atoms with Crippen molar-refractivity contribution in [2.24, 2.45) is 5.73 Å². The number of anilines is 1.